The van der Waals surface area contributed by atoms with Crippen LogP contribution in [0, 0.1) is 12.8 Å². The standard InChI is InChI=1S/C45H52N10O5/c1-28-24-55(43-36(28)21-34(23-47-43)53-20-15-41(57)48-45(53)59)33-13-16-51(17-14-33)25-30-11-18-52(19-12-30)44(58)32-9-7-31(8-10-32)40-26-54(29(2)27-60-40)38-22-37(49-50-42(38)46)35-5-3-4-6-39(35)56/h3-10,21-24,29-30,33,40,56H,11-20,25-27H2,1-2H3,(H2,46,50)(H,48,57,59)/t29-,40+/m1/s1. The average Bonchev–Trinajstić information content (AvgIpc) is 3.60. The lowest BCUT2D eigenvalue weighted by molar-refractivity contribution is -0.120. The van der Waals surface area contributed by atoms with Crippen LogP contribution in [0.15, 0.2) is 73.1 Å². The summed E-state index contributed by atoms with van der Waals surface area (Å²) < 4.78 is 8.60. The van der Waals surface area contributed by atoms with Crippen molar-refractivity contribution in [2.75, 3.05) is 68.0 Å². The Balaban J connectivity index is 0.761. The lowest BCUT2D eigenvalue weighted by atomic mass is 9.94. The highest BCUT2D eigenvalue weighted by Gasteiger charge is 2.32. The molecular formula is C45H52N10O5. The first-order valence-corrected chi connectivity index (χ1v) is 21.1. The Labute approximate surface area is 349 Å². The summed E-state index contributed by atoms with van der Waals surface area (Å²) in [4.78, 5) is 50.9. The Morgan fingerprint density at radius 1 is 0.967 bits per heavy atom. The highest BCUT2D eigenvalue weighted by molar-refractivity contribution is 6.06. The summed E-state index contributed by atoms with van der Waals surface area (Å²) in [5, 5.41) is 22.3. The van der Waals surface area contributed by atoms with E-state index in [2.05, 4.69) is 49.9 Å². The van der Waals surface area contributed by atoms with Crippen LogP contribution >= 0.6 is 0 Å². The SMILES string of the molecule is Cc1cn(C2CCN(CC3CCN(C(=O)c4ccc([C@@H]5CN(c6cc(-c7ccccc7O)nnc6N)[C@H](C)CO5)cc4)CC3)CC2)c2ncc(N3CCC(=O)NC3=O)cc12. The number of para-hydroxylation sites is 1. The highest BCUT2D eigenvalue weighted by atomic mass is 16.5. The van der Waals surface area contributed by atoms with E-state index in [1.807, 2.05) is 47.4 Å². The van der Waals surface area contributed by atoms with Crippen molar-refractivity contribution in [2.45, 2.75) is 64.1 Å². The second kappa shape index (κ2) is 16.5. The quantitative estimate of drug-likeness (QED) is 0.176. The minimum Gasteiger partial charge on any atom is -0.507 e. The molecule has 15 nitrogen and oxygen atoms in total. The van der Waals surface area contributed by atoms with Crippen molar-refractivity contribution in [3.8, 4) is 17.0 Å². The number of imide groups is 1. The van der Waals surface area contributed by atoms with Crippen LogP contribution in [-0.4, -0.2) is 111 Å². The molecule has 4 N–H and O–H groups in total. The summed E-state index contributed by atoms with van der Waals surface area (Å²) in [7, 11) is 0. The van der Waals surface area contributed by atoms with Gasteiger partial charge < -0.3 is 34.8 Å². The van der Waals surface area contributed by atoms with Gasteiger partial charge in [0.25, 0.3) is 5.91 Å². The number of aromatic nitrogens is 4. The number of nitrogens with zero attached hydrogens (tertiary/aromatic N) is 8. The van der Waals surface area contributed by atoms with E-state index in [1.54, 1.807) is 29.3 Å². The second-order valence-corrected chi connectivity index (χ2v) is 16.8. The van der Waals surface area contributed by atoms with Gasteiger partial charge in [-0.2, -0.15) is 0 Å². The number of fused-ring (bicyclic) bond motifs is 1. The number of piperidine rings is 2. The molecule has 60 heavy (non-hydrogen) atoms. The summed E-state index contributed by atoms with van der Waals surface area (Å²) in [5.74, 6) is 0.817. The monoisotopic (exact) mass is 812 g/mol. The zero-order valence-corrected chi connectivity index (χ0v) is 34.2. The van der Waals surface area contributed by atoms with Gasteiger partial charge >= 0.3 is 6.03 Å². The van der Waals surface area contributed by atoms with Gasteiger partial charge in [0.2, 0.25) is 5.91 Å². The summed E-state index contributed by atoms with van der Waals surface area (Å²) in [6, 6.07) is 18.7. The maximum Gasteiger partial charge on any atom is 0.328 e. The number of morpholine rings is 1. The number of pyridine rings is 1. The van der Waals surface area contributed by atoms with Gasteiger partial charge in [-0.3, -0.25) is 19.8 Å². The minimum atomic E-state index is -0.399. The molecule has 7 heterocycles. The van der Waals surface area contributed by atoms with E-state index in [0.29, 0.717) is 60.0 Å². The van der Waals surface area contributed by atoms with Gasteiger partial charge in [0.05, 0.1) is 29.9 Å². The van der Waals surface area contributed by atoms with E-state index in [4.69, 9.17) is 15.5 Å². The molecule has 5 aromatic rings. The maximum absolute atomic E-state index is 13.7. The van der Waals surface area contributed by atoms with Gasteiger partial charge in [-0.05, 0) is 93.0 Å². The molecule has 4 aliphatic heterocycles. The highest BCUT2D eigenvalue weighted by Crippen LogP contribution is 2.36. The molecule has 9 rings (SSSR count). The van der Waals surface area contributed by atoms with Gasteiger partial charge in [0.1, 0.15) is 17.5 Å². The molecule has 15 heteroatoms. The maximum atomic E-state index is 13.7. The first-order chi connectivity index (χ1) is 29.1. The summed E-state index contributed by atoms with van der Waals surface area (Å²) in [6.07, 6.45) is 8.03. The zero-order valence-electron chi connectivity index (χ0n) is 34.2. The van der Waals surface area contributed by atoms with Crippen LogP contribution in [0.5, 0.6) is 5.75 Å². The van der Waals surface area contributed by atoms with Gasteiger partial charge in [-0.1, -0.05) is 24.3 Å². The second-order valence-electron chi connectivity index (χ2n) is 16.8. The molecule has 4 aliphatic rings. The van der Waals surface area contributed by atoms with Crippen LogP contribution in [0.2, 0.25) is 0 Å². The zero-order chi connectivity index (χ0) is 41.5. The van der Waals surface area contributed by atoms with Crippen LogP contribution < -0.4 is 20.9 Å². The number of hydrogen-bond donors (Lipinski definition) is 3. The number of urea groups is 1. The molecule has 0 aliphatic carbocycles. The lowest BCUT2D eigenvalue weighted by Gasteiger charge is -2.40. The third kappa shape index (κ3) is 7.86. The van der Waals surface area contributed by atoms with Crippen LogP contribution in [0.4, 0.5) is 22.0 Å². The van der Waals surface area contributed by atoms with Crippen LogP contribution in [0.3, 0.4) is 0 Å². The average molecular weight is 813 g/mol. The number of likely N-dealkylation sites (tertiary alicyclic amines) is 2. The molecule has 0 unspecified atom stereocenters. The van der Waals surface area contributed by atoms with E-state index in [-0.39, 0.29) is 36.1 Å². The van der Waals surface area contributed by atoms with Gasteiger partial charge in [-0.15, -0.1) is 10.2 Å². The molecule has 2 aromatic carbocycles. The number of phenols is 1. The smallest absolute Gasteiger partial charge is 0.328 e. The normalized spacial score (nSPS) is 21.1. The number of amides is 4. The number of aryl methyl sites for hydroxylation is 1. The fourth-order valence-electron chi connectivity index (χ4n) is 9.34. The molecular weight excluding hydrogens is 761 g/mol. The number of carbonyl (C=O) groups is 3. The summed E-state index contributed by atoms with van der Waals surface area (Å²) in [5.41, 5.74) is 12.7. The molecule has 0 radical (unpaired) electrons. The van der Waals surface area contributed by atoms with Gasteiger partial charge in [0, 0.05) is 87.0 Å². The Bertz CT molecular complexity index is 2400. The summed E-state index contributed by atoms with van der Waals surface area (Å²) in [6.45, 7) is 10.1. The van der Waals surface area contributed by atoms with Crippen LogP contribution in [-0.2, 0) is 9.53 Å². The first kappa shape index (κ1) is 39.4. The Morgan fingerprint density at radius 2 is 1.73 bits per heavy atom. The molecule has 0 bridgehead atoms. The Kier molecular flexibility index (Phi) is 10.9. The number of nitrogen functional groups attached to an aromatic ring is 1. The van der Waals surface area contributed by atoms with Crippen molar-refractivity contribution >= 4 is 46.1 Å². The fraction of sp³-hybridized carbons (Fsp3) is 0.422. The van der Waals surface area contributed by atoms with Crippen molar-refractivity contribution in [1.82, 2.24) is 34.9 Å². The number of benzene rings is 2. The number of nitrogens with one attached hydrogen (secondary N) is 1. The number of rotatable bonds is 8. The number of hydrogen-bond acceptors (Lipinski definition) is 11. The predicted octanol–water partition coefficient (Wildman–Crippen LogP) is 5.69. The topological polar surface area (TPSA) is 175 Å². The molecule has 3 aromatic heterocycles. The van der Waals surface area contributed by atoms with Crippen molar-refractivity contribution in [3.05, 3.63) is 89.7 Å². The molecule has 4 fully saturated rings. The van der Waals surface area contributed by atoms with E-state index in [1.165, 1.54) is 0 Å². The largest absolute Gasteiger partial charge is 0.507 e. The lowest BCUT2D eigenvalue weighted by Crippen LogP contribution is -2.49. The van der Waals surface area contributed by atoms with Crippen molar-refractivity contribution < 1.29 is 24.2 Å². The number of aromatic hydroxyl groups is 1. The molecule has 312 valence electrons. The number of carbonyl (C=O) groups excluding carboxylic acids is 3. The van der Waals surface area contributed by atoms with E-state index >= 15 is 0 Å². The number of anilines is 3. The Morgan fingerprint density at radius 3 is 2.48 bits per heavy atom. The minimum absolute atomic E-state index is 0.0390. The van der Waals surface area contributed by atoms with Crippen LogP contribution in [0.1, 0.15) is 72.7 Å². The molecule has 0 spiro atoms. The van der Waals surface area contributed by atoms with Crippen molar-refractivity contribution in [3.63, 3.8) is 0 Å². The molecule has 4 amide bonds. The van der Waals surface area contributed by atoms with E-state index in [9.17, 15) is 19.5 Å². The Hall–Kier alpha value is -6.06. The first-order valence-electron chi connectivity index (χ1n) is 21.1. The fourth-order valence-corrected chi connectivity index (χ4v) is 9.34. The molecule has 2 atom stereocenters. The number of ether oxygens (including phenoxy) is 1. The number of nitrogens with two attached hydrogens (primary N) is 1. The van der Waals surface area contributed by atoms with E-state index < -0.39 is 6.03 Å². The number of phenolic OH excluding ortho intramolecular Hbond substituents is 1. The van der Waals surface area contributed by atoms with Gasteiger partial charge in [0.15, 0.2) is 5.82 Å². The van der Waals surface area contributed by atoms with Crippen LogP contribution in [0.25, 0.3) is 22.3 Å². The van der Waals surface area contributed by atoms with Gasteiger partial charge in [-0.25, -0.2) is 9.78 Å². The summed E-state index contributed by atoms with van der Waals surface area (Å²) >= 11 is 0. The molecule has 0 saturated carbocycles. The predicted molar refractivity (Wildman–Crippen MR) is 229 cm³/mol. The van der Waals surface area contributed by atoms with E-state index in [0.717, 1.165) is 86.3 Å². The third-order valence-corrected chi connectivity index (χ3v) is 12.8. The van der Waals surface area contributed by atoms with Crippen molar-refractivity contribution in [2.24, 2.45) is 5.92 Å². The molecule has 4 saturated heterocycles. The third-order valence-electron chi connectivity index (χ3n) is 12.8. The van der Waals surface area contributed by atoms with Crippen molar-refractivity contribution in [1.29, 1.82) is 0 Å².